The average molecular weight is 361 g/mol. The summed E-state index contributed by atoms with van der Waals surface area (Å²) in [5.41, 5.74) is 7.87. The first-order valence-corrected chi connectivity index (χ1v) is 9.46. The molecule has 0 heterocycles. The van der Waals surface area contributed by atoms with E-state index in [1.54, 1.807) is 19.2 Å². The van der Waals surface area contributed by atoms with Crippen LogP contribution >= 0.6 is 12.4 Å². The molecule has 2 aliphatic rings. The van der Waals surface area contributed by atoms with Crippen molar-refractivity contribution in [2.75, 3.05) is 7.11 Å². The van der Waals surface area contributed by atoms with Crippen LogP contribution in [0.5, 0.6) is 5.75 Å². The molecule has 7 heteroatoms. The van der Waals surface area contributed by atoms with Gasteiger partial charge in [0.05, 0.1) is 12.0 Å². The number of hydrogen-bond acceptors (Lipinski definition) is 4. The van der Waals surface area contributed by atoms with Crippen molar-refractivity contribution in [3.63, 3.8) is 0 Å². The fourth-order valence-electron chi connectivity index (χ4n) is 3.65. The van der Waals surface area contributed by atoms with Gasteiger partial charge in [-0.25, -0.2) is 13.1 Å². The van der Waals surface area contributed by atoms with E-state index in [2.05, 4.69) is 4.72 Å². The molecule has 3 N–H and O–H groups in total. The fraction of sp³-hybridized carbons (Fsp3) is 0.625. The number of nitrogens with two attached hydrogens (primary N) is 1. The Bertz CT molecular complexity index is 664. The maximum atomic E-state index is 12.8. The van der Waals surface area contributed by atoms with E-state index in [-0.39, 0.29) is 24.5 Å². The van der Waals surface area contributed by atoms with Gasteiger partial charge < -0.3 is 10.5 Å². The summed E-state index contributed by atoms with van der Waals surface area (Å²) in [4.78, 5) is 0.420. The third kappa shape index (κ3) is 3.82. The van der Waals surface area contributed by atoms with E-state index >= 15 is 0 Å². The van der Waals surface area contributed by atoms with Crippen LogP contribution in [0, 0.1) is 0 Å². The van der Waals surface area contributed by atoms with Crippen LogP contribution in [0.1, 0.15) is 43.2 Å². The van der Waals surface area contributed by atoms with Gasteiger partial charge in [0.25, 0.3) is 0 Å². The van der Waals surface area contributed by atoms with Gasteiger partial charge >= 0.3 is 0 Å². The molecule has 1 saturated carbocycles. The van der Waals surface area contributed by atoms with Crippen LogP contribution in [0.2, 0.25) is 0 Å². The Hall–Kier alpha value is -0.820. The lowest BCUT2D eigenvalue weighted by Crippen LogP contribution is -2.34. The molecule has 130 valence electrons. The minimum atomic E-state index is -3.49. The van der Waals surface area contributed by atoms with Crippen molar-refractivity contribution in [1.82, 2.24) is 4.72 Å². The third-order valence-corrected chi connectivity index (χ3v) is 6.36. The van der Waals surface area contributed by atoms with Crippen molar-refractivity contribution in [3.05, 3.63) is 23.3 Å². The van der Waals surface area contributed by atoms with Gasteiger partial charge in [-0.15, -0.1) is 12.4 Å². The first kappa shape index (κ1) is 18.5. The first-order valence-electron chi connectivity index (χ1n) is 7.98. The molecule has 1 aromatic carbocycles. The highest BCUT2D eigenvalue weighted by Crippen LogP contribution is 2.34. The van der Waals surface area contributed by atoms with E-state index < -0.39 is 10.0 Å². The molecule has 1 aromatic rings. The van der Waals surface area contributed by atoms with Crippen LogP contribution in [0.15, 0.2) is 17.0 Å². The number of fused-ring (bicyclic) bond motifs is 1. The lowest BCUT2D eigenvalue weighted by atomic mass is 9.91. The summed E-state index contributed by atoms with van der Waals surface area (Å²) in [5.74, 6) is 0.802. The zero-order valence-corrected chi connectivity index (χ0v) is 15.0. The molecular weight excluding hydrogens is 336 g/mol. The van der Waals surface area contributed by atoms with Gasteiger partial charge in [0, 0.05) is 12.1 Å². The highest BCUT2D eigenvalue weighted by molar-refractivity contribution is 7.89. The molecule has 5 nitrogen and oxygen atoms in total. The highest BCUT2D eigenvalue weighted by atomic mass is 35.5. The summed E-state index contributed by atoms with van der Waals surface area (Å²) in [6.45, 7) is 0. The predicted molar refractivity (Wildman–Crippen MR) is 92.8 cm³/mol. The van der Waals surface area contributed by atoms with E-state index in [1.807, 2.05) is 0 Å². The zero-order valence-electron chi connectivity index (χ0n) is 13.4. The van der Waals surface area contributed by atoms with Crippen LogP contribution in [0.3, 0.4) is 0 Å². The van der Waals surface area contributed by atoms with E-state index in [9.17, 15) is 8.42 Å². The number of sulfonamides is 1. The number of rotatable bonds is 4. The maximum Gasteiger partial charge on any atom is 0.241 e. The first-order chi connectivity index (χ1) is 10.5. The molecule has 0 radical (unpaired) electrons. The number of benzene rings is 1. The van der Waals surface area contributed by atoms with Gasteiger partial charge in [0.15, 0.2) is 0 Å². The van der Waals surface area contributed by atoms with E-state index in [1.165, 1.54) is 0 Å². The number of nitrogens with one attached hydrogen (secondary N) is 1. The molecule has 0 aliphatic heterocycles. The lowest BCUT2D eigenvalue weighted by Gasteiger charge is -2.23. The second-order valence-electron chi connectivity index (χ2n) is 6.32. The Balaban J connectivity index is 0.00000192. The Morgan fingerprint density at radius 2 is 1.87 bits per heavy atom. The van der Waals surface area contributed by atoms with Crippen LogP contribution in [-0.4, -0.2) is 27.6 Å². The monoisotopic (exact) mass is 360 g/mol. The summed E-state index contributed by atoms with van der Waals surface area (Å²) >= 11 is 0. The van der Waals surface area contributed by atoms with Gasteiger partial charge in [-0.05, 0) is 68.2 Å². The highest BCUT2D eigenvalue weighted by Gasteiger charge is 2.30. The molecule has 0 bridgehead atoms. The third-order valence-electron chi connectivity index (χ3n) is 4.75. The second-order valence-corrected chi connectivity index (χ2v) is 8.00. The topological polar surface area (TPSA) is 81.4 Å². The molecule has 3 rings (SSSR count). The van der Waals surface area contributed by atoms with Gasteiger partial charge in [0.1, 0.15) is 5.75 Å². The van der Waals surface area contributed by atoms with Crippen LogP contribution in [0.25, 0.3) is 0 Å². The molecule has 0 amide bonds. The van der Waals surface area contributed by atoms with Crippen LogP contribution in [-0.2, 0) is 22.9 Å². The molecule has 2 aliphatic carbocycles. The number of hydrogen-bond donors (Lipinski definition) is 2. The fourth-order valence-corrected chi connectivity index (χ4v) is 5.23. The predicted octanol–water partition coefficient (Wildman–Crippen LogP) is 2.15. The summed E-state index contributed by atoms with van der Waals surface area (Å²) in [6.07, 6.45) is 6.21. The van der Waals surface area contributed by atoms with E-state index in [0.29, 0.717) is 4.90 Å². The molecule has 0 unspecified atom stereocenters. The standard InChI is InChI=1S/C16H24N2O3S.ClH/c1-21-15-8-9-16(14-5-3-2-4-13(14)15)22(19,20)18-12-7-6-11(17)10-12;/h8-9,11-12,18H,2-7,10,17H2,1H3;1H/t11-,12-;/m1./s1. The normalized spacial score (nSPS) is 23.9. The van der Waals surface area contributed by atoms with Crippen molar-refractivity contribution >= 4 is 22.4 Å². The Labute approximate surface area is 144 Å². The zero-order chi connectivity index (χ0) is 15.7. The molecule has 0 saturated heterocycles. The Morgan fingerprint density at radius 1 is 1.17 bits per heavy atom. The molecule has 2 atom stereocenters. The summed E-state index contributed by atoms with van der Waals surface area (Å²) in [5, 5.41) is 0. The number of halogens is 1. The molecule has 0 spiro atoms. The number of ether oxygens (including phenoxy) is 1. The van der Waals surface area contributed by atoms with Crippen molar-refractivity contribution in [3.8, 4) is 5.75 Å². The second kappa shape index (κ2) is 7.38. The molecular formula is C16H25ClN2O3S. The van der Waals surface area contributed by atoms with Crippen LogP contribution in [0.4, 0.5) is 0 Å². The van der Waals surface area contributed by atoms with E-state index in [4.69, 9.17) is 10.5 Å². The molecule has 0 aromatic heterocycles. The lowest BCUT2D eigenvalue weighted by molar-refractivity contribution is 0.405. The molecule has 23 heavy (non-hydrogen) atoms. The van der Waals surface area contributed by atoms with E-state index in [0.717, 1.165) is 61.8 Å². The van der Waals surface area contributed by atoms with Gasteiger partial charge in [-0.1, -0.05) is 0 Å². The molecule has 1 fully saturated rings. The minimum absolute atomic E-state index is 0. The van der Waals surface area contributed by atoms with Gasteiger partial charge in [-0.3, -0.25) is 0 Å². The van der Waals surface area contributed by atoms with Crippen LogP contribution < -0.4 is 15.2 Å². The largest absolute Gasteiger partial charge is 0.496 e. The summed E-state index contributed by atoms with van der Waals surface area (Å²) in [6, 6.07) is 3.53. The van der Waals surface area contributed by atoms with Crippen molar-refractivity contribution in [2.24, 2.45) is 5.73 Å². The SMILES string of the molecule is COc1ccc(S(=O)(=O)N[C@@H]2CC[C@@H](N)C2)c2c1CCCC2.Cl. The van der Waals surface area contributed by atoms with Crippen molar-refractivity contribution < 1.29 is 13.2 Å². The average Bonchev–Trinajstić information content (AvgIpc) is 2.90. The maximum absolute atomic E-state index is 12.8. The quantitative estimate of drug-likeness (QED) is 0.862. The minimum Gasteiger partial charge on any atom is -0.496 e. The van der Waals surface area contributed by atoms with Crippen molar-refractivity contribution in [1.29, 1.82) is 0 Å². The van der Waals surface area contributed by atoms with Crippen molar-refractivity contribution in [2.45, 2.75) is 61.9 Å². The summed E-state index contributed by atoms with van der Waals surface area (Å²) < 4.78 is 33.8. The smallest absolute Gasteiger partial charge is 0.241 e. The van der Waals surface area contributed by atoms with Gasteiger partial charge in [-0.2, -0.15) is 0 Å². The summed E-state index contributed by atoms with van der Waals surface area (Å²) in [7, 11) is -1.86. The Kier molecular flexibility index (Phi) is 5.94. The van der Waals surface area contributed by atoms with Gasteiger partial charge in [0.2, 0.25) is 10.0 Å². The number of methoxy groups -OCH3 is 1. The Morgan fingerprint density at radius 3 is 2.48 bits per heavy atom.